The summed E-state index contributed by atoms with van der Waals surface area (Å²) in [4.78, 5) is 7.47. The predicted molar refractivity (Wildman–Crippen MR) is 369 cm³/mol. The van der Waals surface area contributed by atoms with Crippen molar-refractivity contribution < 1.29 is 0 Å². The first-order chi connectivity index (χ1) is 41.9. The summed E-state index contributed by atoms with van der Waals surface area (Å²) in [5.41, 5.74) is 26.0. The lowest BCUT2D eigenvalue weighted by Gasteiger charge is -2.44. The maximum atomic E-state index is 2.55. The van der Waals surface area contributed by atoms with Crippen molar-refractivity contribution in [2.75, 3.05) is 14.7 Å². The highest BCUT2D eigenvalue weighted by molar-refractivity contribution is 7.00. The molecule has 2 aliphatic heterocycles. The van der Waals surface area contributed by atoms with E-state index in [4.69, 9.17) is 0 Å². The summed E-state index contributed by atoms with van der Waals surface area (Å²) in [6.07, 6.45) is 0. The van der Waals surface area contributed by atoms with Gasteiger partial charge in [0.15, 0.2) is 0 Å². The van der Waals surface area contributed by atoms with Gasteiger partial charge in [0.1, 0.15) is 0 Å². The number of nitrogens with zero attached hydrogens (tertiary/aromatic N) is 3. The second-order valence-corrected chi connectivity index (χ2v) is 25.3. The maximum Gasteiger partial charge on any atom is 0.252 e. The topological polar surface area (TPSA) is 9.72 Å². The molecule has 13 aromatic rings. The summed E-state index contributed by atoms with van der Waals surface area (Å²) >= 11 is 0. The summed E-state index contributed by atoms with van der Waals surface area (Å²) in [5, 5.41) is 4.93. The third-order valence-corrected chi connectivity index (χ3v) is 17.8. The molecule has 0 radical (unpaired) electrons. The van der Waals surface area contributed by atoms with Gasteiger partial charge in [0.2, 0.25) is 0 Å². The molecule has 0 aromatic heterocycles. The Balaban J connectivity index is 1.05. The van der Waals surface area contributed by atoms with Crippen molar-refractivity contribution in [2.45, 2.75) is 52.4 Å². The Labute approximate surface area is 506 Å². The number of benzene rings is 13. The molecule has 4 heteroatoms. The number of para-hydroxylation sites is 5. The molecule has 0 aliphatic carbocycles. The predicted octanol–water partition coefficient (Wildman–Crippen LogP) is 20.8. The highest BCUT2D eigenvalue weighted by Crippen LogP contribution is 2.50. The first kappa shape index (κ1) is 52.6. The van der Waals surface area contributed by atoms with Gasteiger partial charge in [-0.25, -0.2) is 0 Å². The molecule has 0 bridgehead atoms. The van der Waals surface area contributed by atoms with Gasteiger partial charge in [0.05, 0.1) is 0 Å². The van der Waals surface area contributed by atoms with Crippen LogP contribution in [0.5, 0.6) is 0 Å². The van der Waals surface area contributed by atoms with Gasteiger partial charge in [0, 0.05) is 51.2 Å². The molecular formula is C82H66BN3. The van der Waals surface area contributed by atoms with Crippen LogP contribution in [0.3, 0.4) is 0 Å². The Hall–Kier alpha value is -10.2. The molecule has 0 N–H and O–H groups in total. The number of rotatable bonds is 9. The Kier molecular flexibility index (Phi) is 12.8. The average Bonchev–Trinajstić information content (AvgIpc) is 0.825. The Morgan fingerprint density at radius 1 is 0.279 bits per heavy atom. The van der Waals surface area contributed by atoms with Crippen LogP contribution in [-0.4, -0.2) is 6.71 Å². The van der Waals surface area contributed by atoms with E-state index >= 15 is 0 Å². The quantitative estimate of drug-likeness (QED) is 0.105. The van der Waals surface area contributed by atoms with Crippen LogP contribution in [0.1, 0.15) is 52.7 Å². The Morgan fingerprint density at radius 3 is 1.16 bits per heavy atom. The van der Waals surface area contributed by atoms with Crippen molar-refractivity contribution in [3.8, 4) is 44.5 Å². The lowest BCUT2D eigenvalue weighted by atomic mass is 9.33. The van der Waals surface area contributed by atoms with Gasteiger partial charge >= 0.3 is 0 Å². The van der Waals surface area contributed by atoms with Crippen molar-refractivity contribution in [1.29, 1.82) is 0 Å². The van der Waals surface area contributed by atoms with Crippen molar-refractivity contribution in [3.63, 3.8) is 0 Å². The molecule has 2 aliphatic rings. The molecule has 3 nitrogen and oxygen atoms in total. The number of hydrogen-bond donors (Lipinski definition) is 0. The molecular weight excluding hydrogens is 1040 g/mol. The SMILES string of the molecule is CC(C)(C)c1cc(-c2cc(-c3cc4c5c(c3)N(c3ccccc3)c3cc(N(c6ccccc6)c6ccccc6)ccc3B5c3ccccc3N4c3ccccc3)cc(-c3c4ccccc4c(-c4ccccc4)c4ccccc34)c2)cc(C(C)(C)C)c1. The smallest absolute Gasteiger partial charge is 0.252 e. The van der Waals surface area contributed by atoms with Gasteiger partial charge in [-0.3, -0.25) is 0 Å². The van der Waals surface area contributed by atoms with Crippen LogP contribution < -0.4 is 31.1 Å². The van der Waals surface area contributed by atoms with Crippen molar-refractivity contribution in [2.24, 2.45) is 0 Å². The van der Waals surface area contributed by atoms with E-state index in [1.165, 1.54) is 88.1 Å². The monoisotopic (exact) mass is 1100 g/mol. The first-order valence-corrected chi connectivity index (χ1v) is 30.3. The molecule has 0 fully saturated rings. The van der Waals surface area contributed by atoms with Crippen LogP contribution in [0, 0.1) is 0 Å². The molecule has 0 saturated heterocycles. The minimum absolute atomic E-state index is 0.0742. The molecule has 412 valence electrons. The van der Waals surface area contributed by atoms with Crippen LogP contribution in [0.2, 0.25) is 0 Å². The highest BCUT2D eigenvalue weighted by atomic mass is 15.2. The summed E-state index contributed by atoms with van der Waals surface area (Å²) in [6.45, 7) is 14.0. The van der Waals surface area contributed by atoms with Crippen LogP contribution >= 0.6 is 0 Å². The largest absolute Gasteiger partial charge is 0.311 e. The zero-order valence-corrected chi connectivity index (χ0v) is 49.6. The fraction of sp³-hybridized carbons (Fsp3) is 0.0976. The minimum Gasteiger partial charge on any atom is -0.311 e. The van der Waals surface area contributed by atoms with E-state index in [0.717, 1.165) is 56.6 Å². The molecule has 0 spiro atoms. The number of hydrogen-bond acceptors (Lipinski definition) is 3. The normalized spacial score (nSPS) is 12.7. The molecule has 13 aromatic carbocycles. The molecule has 15 rings (SSSR count). The Bertz CT molecular complexity index is 4590. The molecule has 0 unspecified atom stereocenters. The first-order valence-electron chi connectivity index (χ1n) is 30.3. The van der Waals surface area contributed by atoms with Crippen molar-refractivity contribution >= 4 is 95.8 Å². The van der Waals surface area contributed by atoms with E-state index in [1.807, 2.05) is 0 Å². The van der Waals surface area contributed by atoms with Crippen molar-refractivity contribution in [1.82, 2.24) is 0 Å². The maximum absolute atomic E-state index is 2.55. The third kappa shape index (κ3) is 9.07. The second-order valence-electron chi connectivity index (χ2n) is 25.3. The summed E-state index contributed by atoms with van der Waals surface area (Å²) in [7, 11) is 0. The molecule has 2 heterocycles. The van der Waals surface area contributed by atoms with Gasteiger partial charge in [0.25, 0.3) is 6.71 Å². The van der Waals surface area contributed by atoms with E-state index in [1.54, 1.807) is 0 Å². The van der Waals surface area contributed by atoms with Crippen LogP contribution in [-0.2, 0) is 10.8 Å². The zero-order chi connectivity index (χ0) is 58.3. The van der Waals surface area contributed by atoms with Crippen LogP contribution in [0.4, 0.5) is 51.2 Å². The summed E-state index contributed by atoms with van der Waals surface area (Å²) < 4.78 is 0. The van der Waals surface area contributed by atoms with E-state index in [9.17, 15) is 0 Å². The van der Waals surface area contributed by atoms with Crippen LogP contribution in [0.25, 0.3) is 66.1 Å². The van der Waals surface area contributed by atoms with E-state index in [2.05, 4.69) is 347 Å². The number of fused-ring (bicyclic) bond motifs is 6. The fourth-order valence-corrected chi connectivity index (χ4v) is 13.7. The second kappa shape index (κ2) is 20.9. The van der Waals surface area contributed by atoms with Gasteiger partial charge in [-0.05, 0) is 201 Å². The fourth-order valence-electron chi connectivity index (χ4n) is 13.7. The average molecular weight is 1100 g/mol. The summed E-state index contributed by atoms with van der Waals surface area (Å²) in [5.74, 6) is 0. The van der Waals surface area contributed by atoms with Gasteiger partial charge in [-0.15, -0.1) is 0 Å². The molecule has 86 heavy (non-hydrogen) atoms. The van der Waals surface area contributed by atoms with Crippen LogP contribution in [0.15, 0.2) is 291 Å². The molecule has 0 atom stereocenters. The van der Waals surface area contributed by atoms with Gasteiger partial charge in [-0.2, -0.15) is 0 Å². The lowest BCUT2D eigenvalue weighted by molar-refractivity contribution is 0.569. The summed E-state index contributed by atoms with van der Waals surface area (Å²) in [6, 6.07) is 109. The number of anilines is 9. The lowest BCUT2D eigenvalue weighted by Crippen LogP contribution is -2.61. The van der Waals surface area contributed by atoms with Gasteiger partial charge < -0.3 is 14.7 Å². The standard InChI is InChI=1S/C82H66BN3/c1-81(2,3)61-49-58(50-62(53-61)82(4,5)6)56-46-57(48-60(47-56)79-70-40-24-22-38-68(70)78(55-28-12-7-13-29-55)69-39-23-25-41-71(69)79)59-51-76-80-77(52-59)86(66-36-20-11-21-37-66)75-54-67(84(63-30-14-8-15-31-63)64-32-16-9-17-33-64)44-45-73(75)83(80)72-42-26-27-43-74(72)85(76)65-34-18-10-19-35-65/h7-54H,1-6H3. The highest BCUT2D eigenvalue weighted by Gasteiger charge is 2.44. The van der Waals surface area contributed by atoms with E-state index in [0.29, 0.717) is 0 Å². The molecule has 0 amide bonds. The minimum atomic E-state index is -0.0821. The molecule has 0 saturated carbocycles. The van der Waals surface area contributed by atoms with Crippen molar-refractivity contribution in [3.05, 3.63) is 302 Å². The zero-order valence-electron chi connectivity index (χ0n) is 49.6. The van der Waals surface area contributed by atoms with E-state index < -0.39 is 0 Å². The van der Waals surface area contributed by atoms with E-state index in [-0.39, 0.29) is 17.5 Å². The van der Waals surface area contributed by atoms with Gasteiger partial charge in [-0.1, -0.05) is 236 Å². The Morgan fingerprint density at radius 2 is 0.663 bits per heavy atom. The third-order valence-electron chi connectivity index (χ3n) is 17.8.